The second kappa shape index (κ2) is 3.64. The lowest BCUT2D eigenvalue weighted by molar-refractivity contribution is 0.969. The molecule has 4 heteroatoms. The second-order valence-electron chi connectivity index (χ2n) is 3.48. The molecule has 1 aromatic heterocycles. The predicted octanol–water partition coefficient (Wildman–Crippen LogP) is 1.53. The second-order valence-corrected chi connectivity index (χ2v) is 4.57. The van der Waals surface area contributed by atoms with Gasteiger partial charge >= 0.3 is 0 Å². The minimum atomic E-state index is 0.691. The van der Waals surface area contributed by atoms with Crippen molar-refractivity contribution in [3.05, 3.63) is 10.6 Å². The fourth-order valence-electron chi connectivity index (χ4n) is 1.26. The van der Waals surface area contributed by atoms with E-state index in [1.165, 1.54) is 17.7 Å². The SMILES string of the molecule is Cc1nc(NC2CC2)sc1CCN. The third kappa shape index (κ3) is 2.19. The molecule has 72 valence electrons. The fraction of sp³-hybridized carbons (Fsp3) is 0.667. The summed E-state index contributed by atoms with van der Waals surface area (Å²) in [6.45, 7) is 2.77. The van der Waals surface area contributed by atoms with Crippen LogP contribution in [0.15, 0.2) is 0 Å². The standard InChI is InChI=1S/C9H15N3S/c1-6-8(4-5-10)13-9(11-6)12-7-2-3-7/h7H,2-5,10H2,1H3,(H,11,12). The number of rotatable bonds is 4. The molecule has 0 aliphatic heterocycles. The number of hydrogen-bond acceptors (Lipinski definition) is 4. The van der Waals surface area contributed by atoms with Crippen LogP contribution in [0.2, 0.25) is 0 Å². The number of aromatic nitrogens is 1. The van der Waals surface area contributed by atoms with Gasteiger partial charge in [-0.1, -0.05) is 0 Å². The highest BCUT2D eigenvalue weighted by atomic mass is 32.1. The average Bonchev–Trinajstić information content (AvgIpc) is 2.81. The minimum absolute atomic E-state index is 0.691. The summed E-state index contributed by atoms with van der Waals surface area (Å²) >= 11 is 1.75. The van der Waals surface area contributed by atoms with Crippen molar-refractivity contribution in [3.8, 4) is 0 Å². The summed E-state index contributed by atoms with van der Waals surface area (Å²) in [5, 5.41) is 4.47. The molecule has 2 rings (SSSR count). The van der Waals surface area contributed by atoms with Gasteiger partial charge in [0.05, 0.1) is 5.69 Å². The summed E-state index contributed by atoms with van der Waals surface area (Å²) < 4.78 is 0. The maximum atomic E-state index is 5.51. The maximum Gasteiger partial charge on any atom is 0.183 e. The normalized spacial score (nSPS) is 16.2. The molecule has 1 saturated carbocycles. The van der Waals surface area contributed by atoms with E-state index >= 15 is 0 Å². The number of thiazole rings is 1. The predicted molar refractivity (Wildman–Crippen MR) is 56.3 cm³/mol. The summed E-state index contributed by atoms with van der Waals surface area (Å²) in [4.78, 5) is 5.79. The summed E-state index contributed by atoms with van der Waals surface area (Å²) in [5.41, 5.74) is 6.65. The molecule has 3 nitrogen and oxygen atoms in total. The van der Waals surface area contributed by atoms with Crippen LogP contribution in [-0.4, -0.2) is 17.6 Å². The molecule has 0 saturated heterocycles. The first-order valence-electron chi connectivity index (χ1n) is 4.72. The van der Waals surface area contributed by atoms with Crippen molar-refractivity contribution < 1.29 is 0 Å². The van der Waals surface area contributed by atoms with Gasteiger partial charge in [0.25, 0.3) is 0 Å². The fourth-order valence-corrected chi connectivity index (χ4v) is 2.31. The number of aryl methyl sites for hydroxylation is 1. The highest BCUT2D eigenvalue weighted by Gasteiger charge is 2.22. The number of nitrogens with two attached hydrogens (primary N) is 1. The highest BCUT2D eigenvalue weighted by Crippen LogP contribution is 2.29. The van der Waals surface area contributed by atoms with Crippen LogP contribution in [0.1, 0.15) is 23.4 Å². The summed E-state index contributed by atoms with van der Waals surface area (Å²) in [5.74, 6) is 0. The first kappa shape index (κ1) is 8.97. The van der Waals surface area contributed by atoms with Crippen LogP contribution in [0.5, 0.6) is 0 Å². The van der Waals surface area contributed by atoms with E-state index in [9.17, 15) is 0 Å². The van der Waals surface area contributed by atoms with E-state index in [1.807, 2.05) is 0 Å². The molecule has 0 radical (unpaired) electrons. The van der Waals surface area contributed by atoms with E-state index in [1.54, 1.807) is 11.3 Å². The first-order chi connectivity index (χ1) is 6.29. The average molecular weight is 197 g/mol. The summed E-state index contributed by atoms with van der Waals surface area (Å²) in [6.07, 6.45) is 3.55. The molecule has 13 heavy (non-hydrogen) atoms. The van der Waals surface area contributed by atoms with Gasteiger partial charge in [0.2, 0.25) is 0 Å². The quantitative estimate of drug-likeness (QED) is 0.769. The Balaban J connectivity index is 2.04. The van der Waals surface area contributed by atoms with Crippen LogP contribution in [0.4, 0.5) is 5.13 Å². The van der Waals surface area contributed by atoms with Gasteiger partial charge in [-0.3, -0.25) is 0 Å². The Kier molecular flexibility index (Phi) is 2.51. The van der Waals surface area contributed by atoms with E-state index in [-0.39, 0.29) is 0 Å². The number of nitrogens with zero attached hydrogens (tertiary/aromatic N) is 1. The van der Waals surface area contributed by atoms with Gasteiger partial charge in [0.1, 0.15) is 0 Å². The van der Waals surface area contributed by atoms with Crippen molar-refractivity contribution in [1.29, 1.82) is 0 Å². The van der Waals surface area contributed by atoms with Gasteiger partial charge in [-0.05, 0) is 32.7 Å². The van der Waals surface area contributed by atoms with E-state index in [0.29, 0.717) is 12.6 Å². The van der Waals surface area contributed by atoms with E-state index in [0.717, 1.165) is 17.2 Å². The Morgan fingerprint density at radius 1 is 1.62 bits per heavy atom. The van der Waals surface area contributed by atoms with Crippen molar-refractivity contribution in [2.45, 2.75) is 32.2 Å². The summed E-state index contributed by atoms with van der Waals surface area (Å²) in [7, 11) is 0. The zero-order chi connectivity index (χ0) is 9.26. The topological polar surface area (TPSA) is 50.9 Å². The van der Waals surface area contributed by atoms with Gasteiger partial charge in [-0.15, -0.1) is 11.3 Å². The molecular weight excluding hydrogens is 182 g/mol. The molecule has 1 heterocycles. The molecule has 0 spiro atoms. The lowest BCUT2D eigenvalue weighted by atomic mass is 10.3. The van der Waals surface area contributed by atoms with Crippen LogP contribution in [0.25, 0.3) is 0 Å². The Morgan fingerprint density at radius 2 is 2.38 bits per heavy atom. The molecule has 1 aliphatic carbocycles. The molecule has 1 aliphatic rings. The molecule has 0 atom stereocenters. The van der Waals surface area contributed by atoms with Crippen LogP contribution in [-0.2, 0) is 6.42 Å². The van der Waals surface area contributed by atoms with E-state index in [2.05, 4.69) is 17.2 Å². The summed E-state index contributed by atoms with van der Waals surface area (Å²) in [6, 6.07) is 0.691. The first-order valence-corrected chi connectivity index (χ1v) is 5.54. The molecule has 1 fully saturated rings. The van der Waals surface area contributed by atoms with Crippen LogP contribution < -0.4 is 11.1 Å². The van der Waals surface area contributed by atoms with Gasteiger partial charge in [0.15, 0.2) is 5.13 Å². The Labute approximate surface area is 82.4 Å². The zero-order valence-corrected chi connectivity index (χ0v) is 8.66. The highest BCUT2D eigenvalue weighted by molar-refractivity contribution is 7.15. The van der Waals surface area contributed by atoms with Crippen molar-refractivity contribution >= 4 is 16.5 Å². The Morgan fingerprint density at radius 3 is 3.00 bits per heavy atom. The lowest BCUT2D eigenvalue weighted by Crippen LogP contribution is -2.01. The van der Waals surface area contributed by atoms with Gasteiger partial charge in [-0.25, -0.2) is 4.98 Å². The van der Waals surface area contributed by atoms with Crippen molar-refractivity contribution in [2.24, 2.45) is 5.73 Å². The minimum Gasteiger partial charge on any atom is -0.359 e. The van der Waals surface area contributed by atoms with Crippen molar-refractivity contribution in [1.82, 2.24) is 4.98 Å². The van der Waals surface area contributed by atoms with E-state index < -0.39 is 0 Å². The van der Waals surface area contributed by atoms with Crippen molar-refractivity contribution in [2.75, 3.05) is 11.9 Å². The number of nitrogens with one attached hydrogen (secondary N) is 1. The van der Waals surface area contributed by atoms with Gasteiger partial charge in [0, 0.05) is 10.9 Å². The number of hydrogen-bond donors (Lipinski definition) is 2. The van der Waals surface area contributed by atoms with Crippen LogP contribution in [0, 0.1) is 6.92 Å². The molecule has 0 aromatic carbocycles. The molecule has 0 amide bonds. The molecule has 0 unspecified atom stereocenters. The monoisotopic (exact) mass is 197 g/mol. The van der Waals surface area contributed by atoms with Gasteiger partial charge < -0.3 is 11.1 Å². The maximum absolute atomic E-state index is 5.51. The largest absolute Gasteiger partial charge is 0.359 e. The van der Waals surface area contributed by atoms with Crippen LogP contribution in [0.3, 0.4) is 0 Å². The number of anilines is 1. The zero-order valence-electron chi connectivity index (χ0n) is 7.84. The lowest BCUT2D eigenvalue weighted by Gasteiger charge is -1.95. The molecule has 0 bridgehead atoms. The van der Waals surface area contributed by atoms with E-state index in [4.69, 9.17) is 5.73 Å². The van der Waals surface area contributed by atoms with Gasteiger partial charge in [-0.2, -0.15) is 0 Å². The van der Waals surface area contributed by atoms with Crippen molar-refractivity contribution in [3.63, 3.8) is 0 Å². The smallest absolute Gasteiger partial charge is 0.183 e. The third-order valence-corrected chi connectivity index (χ3v) is 3.32. The van der Waals surface area contributed by atoms with Crippen LogP contribution >= 0.6 is 11.3 Å². The molecule has 1 aromatic rings. The Bertz CT molecular complexity index is 291. The Hall–Kier alpha value is -0.610. The molecule has 3 N–H and O–H groups in total. The third-order valence-electron chi connectivity index (χ3n) is 2.17. The molecular formula is C9H15N3S.